The molecule has 1 atom stereocenters. The van der Waals surface area contributed by atoms with Crippen LogP contribution in [0.2, 0.25) is 0 Å². The highest BCUT2D eigenvalue weighted by atomic mass is 32.2. The third-order valence-electron chi connectivity index (χ3n) is 2.05. The van der Waals surface area contributed by atoms with E-state index >= 15 is 0 Å². The fourth-order valence-electron chi connectivity index (χ4n) is 1.19. The number of thioether (sulfide) groups is 1. The van der Waals surface area contributed by atoms with E-state index in [0.29, 0.717) is 0 Å². The first-order valence-corrected chi connectivity index (χ1v) is 5.90. The van der Waals surface area contributed by atoms with E-state index in [1.54, 1.807) is 7.11 Å². The van der Waals surface area contributed by atoms with Gasteiger partial charge in [-0.3, -0.25) is 0 Å². The molecule has 0 fully saturated rings. The first-order valence-electron chi connectivity index (χ1n) is 4.75. The van der Waals surface area contributed by atoms with Gasteiger partial charge in [0, 0.05) is 11.8 Å². The summed E-state index contributed by atoms with van der Waals surface area (Å²) in [5, 5.41) is 0. The second kappa shape index (κ2) is 5.94. The molecule has 14 heavy (non-hydrogen) atoms. The lowest BCUT2D eigenvalue weighted by molar-refractivity contribution is 0.414. The Morgan fingerprint density at radius 3 is 2.50 bits per heavy atom. The van der Waals surface area contributed by atoms with Crippen LogP contribution in [0.25, 0.3) is 0 Å². The maximum absolute atomic E-state index is 6.01. The van der Waals surface area contributed by atoms with Crippen LogP contribution in [0.4, 0.5) is 0 Å². The lowest BCUT2D eigenvalue weighted by Gasteiger charge is -2.11. The van der Waals surface area contributed by atoms with Gasteiger partial charge in [-0.05, 0) is 23.4 Å². The lowest BCUT2D eigenvalue weighted by atomic mass is 10.1. The zero-order chi connectivity index (χ0) is 10.4. The Balaban J connectivity index is 2.57. The normalized spacial score (nSPS) is 12.5. The van der Waals surface area contributed by atoms with Crippen molar-refractivity contribution in [1.29, 1.82) is 0 Å². The van der Waals surface area contributed by atoms with Crippen molar-refractivity contribution in [2.24, 2.45) is 5.73 Å². The van der Waals surface area contributed by atoms with E-state index in [1.807, 2.05) is 36.0 Å². The summed E-state index contributed by atoms with van der Waals surface area (Å²) >= 11 is 1.86. The molecular formula is C11H17NOS. The molecule has 0 aliphatic heterocycles. The fraction of sp³-hybridized carbons (Fsp3) is 0.455. The highest BCUT2D eigenvalue weighted by Gasteiger charge is 2.04. The summed E-state index contributed by atoms with van der Waals surface area (Å²) in [5.41, 5.74) is 7.18. The molecule has 0 saturated heterocycles. The first-order chi connectivity index (χ1) is 6.77. The predicted octanol–water partition coefficient (Wildman–Crippen LogP) is 2.45. The van der Waals surface area contributed by atoms with Crippen LogP contribution in [0, 0.1) is 0 Å². The minimum Gasteiger partial charge on any atom is -0.497 e. The van der Waals surface area contributed by atoms with E-state index in [1.165, 1.54) is 5.56 Å². The monoisotopic (exact) mass is 211 g/mol. The highest BCUT2D eigenvalue weighted by Crippen LogP contribution is 2.18. The van der Waals surface area contributed by atoms with Gasteiger partial charge in [0.1, 0.15) is 5.75 Å². The van der Waals surface area contributed by atoms with E-state index < -0.39 is 0 Å². The van der Waals surface area contributed by atoms with E-state index in [-0.39, 0.29) is 6.04 Å². The molecule has 1 rings (SSSR count). The molecule has 0 aromatic heterocycles. The van der Waals surface area contributed by atoms with Gasteiger partial charge in [-0.15, -0.1) is 0 Å². The topological polar surface area (TPSA) is 35.2 Å². The van der Waals surface area contributed by atoms with Crippen molar-refractivity contribution in [3.05, 3.63) is 29.8 Å². The third kappa shape index (κ3) is 3.24. The largest absolute Gasteiger partial charge is 0.497 e. The van der Waals surface area contributed by atoms with E-state index in [2.05, 4.69) is 6.92 Å². The van der Waals surface area contributed by atoms with Crippen LogP contribution in [0.3, 0.4) is 0 Å². The Hall–Kier alpha value is -0.670. The van der Waals surface area contributed by atoms with Gasteiger partial charge in [0.25, 0.3) is 0 Å². The van der Waals surface area contributed by atoms with Crippen molar-refractivity contribution < 1.29 is 4.74 Å². The number of rotatable bonds is 5. The van der Waals surface area contributed by atoms with Gasteiger partial charge in [0.2, 0.25) is 0 Å². The van der Waals surface area contributed by atoms with Crippen molar-refractivity contribution in [2.45, 2.75) is 13.0 Å². The summed E-state index contributed by atoms with van der Waals surface area (Å²) in [7, 11) is 1.67. The zero-order valence-electron chi connectivity index (χ0n) is 8.69. The van der Waals surface area contributed by atoms with Gasteiger partial charge in [-0.2, -0.15) is 11.8 Å². The van der Waals surface area contributed by atoms with Crippen molar-refractivity contribution in [2.75, 3.05) is 18.6 Å². The van der Waals surface area contributed by atoms with Gasteiger partial charge in [0.05, 0.1) is 7.11 Å². The van der Waals surface area contributed by atoms with Gasteiger partial charge < -0.3 is 10.5 Å². The molecule has 2 nitrogen and oxygen atoms in total. The molecule has 1 aromatic carbocycles. The molecule has 0 spiro atoms. The Labute approximate surface area is 89.8 Å². The van der Waals surface area contributed by atoms with Crippen LogP contribution in [0.5, 0.6) is 5.75 Å². The zero-order valence-corrected chi connectivity index (χ0v) is 9.51. The van der Waals surface area contributed by atoms with Gasteiger partial charge >= 0.3 is 0 Å². The maximum Gasteiger partial charge on any atom is 0.118 e. The summed E-state index contributed by atoms with van der Waals surface area (Å²) in [6.45, 7) is 2.14. The average Bonchev–Trinajstić information content (AvgIpc) is 2.26. The van der Waals surface area contributed by atoms with Crippen LogP contribution >= 0.6 is 11.8 Å². The molecule has 0 saturated carbocycles. The summed E-state index contributed by atoms with van der Waals surface area (Å²) in [6, 6.07) is 8.09. The molecular weight excluding hydrogens is 194 g/mol. The molecule has 1 unspecified atom stereocenters. The van der Waals surface area contributed by atoms with Crippen LogP contribution in [0.15, 0.2) is 24.3 Å². The number of hydrogen-bond acceptors (Lipinski definition) is 3. The minimum absolute atomic E-state index is 0.130. The van der Waals surface area contributed by atoms with Crippen LogP contribution in [-0.4, -0.2) is 18.6 Å². The van der Waals surface area contributed by atoms with Crippen LogP contribution in [0.1, 0.15) is 18.5 Å². The van der Waals surface area contributed by atoms with Crippen molar-refractivity contribution in [3.63, 3.8) is 0 Å². The Morgan fingerprint density at radius 1 is 1.36 bits per heavy atom. The summed E-state index contributed by atoms with van der Waals surface area (Å²) < 4.78 is 5.08. The molecule has 3 heteroatoms. The minimum atomic E-state index is 0.130. The molecule has 0 aliphatic carbocycles. The number of ether oxygens (including phenoxy) is 1. The van der Waals surface area contributed by atoms with E-state index in [9.17, 15) is 0 Å². The van der Waals surface area contributed by atoms with E-state index in [0.717, 1.165) is 17.3 Å². The Morgan fingerprint density at radius 2 is 2.00 bits per heavy atom. The summed E-state index contributed by atoms with van der Waals surface area (Å²) in [6.07, 6.45) is 0. The number of nitrogens with two attached hydrogens (primary N) is 1. The first kappa shape index (κ1) is 11.4. The molecule has 0 amide bonds. The average molecular weight is 211 g/mol. The molecule has 1 aromatic rings. The van der Waals surface area contributed by atoms with Gasteiger partial charge in [-0.25, -0.2) is 0 Å². The number of benzene rings is 1. The third-order valence-corrected chi connectivity index (χ3v) is 3.05. The lowest BCUT2D eigenvalue weighted by Crippen LogP contribution is -2.12. The van der Waals surface area contributed by atoms with E-state index in [4.69, 9.17) is 10.5 Å². The molecule has 0 aliphatic rings. The SMILES string of the molecule is CCSCC(N)c1ccc(OC)cc1. The smallest absolute Gasteiger partial charge is 0.118 e. The second-order valence-corrected chi connectivity index (χ2v) is 4.36. The molecule has 0 radical (unpaired) electrons. The highest BCUT2D eigenvalue weighted by molar-refractivity contribution is 7.99. The quantitative estimate of drug-likeness (QED) is 0.812. The summed E-state index contributed by atoms with van der Waals surface area (Å²) in [5.74, 6) is 2.97. The molecule has 0 heterocycles. The Kier molecular flexibility index (Phi) is 4.84. The van der Waals surface area contributed by atoms with Gasteiger partial charge in [0.15, 0.2) is 0 Å². The number of methoxy groups -OCH3 is 1. The maximum atomic E-state index is 6.01. The standard InChI is InChI=1S/C11H17NOS/c1-3-14-8-11(12)9-4-6-10(13-2)7-5-9/h4-7,11H,3,8,12H2,1-2H3. The molecule has 0 bridgehead atoms. The van der Waals surface area contributed by atoms with Crippen molar-refractivity contribution in [1.82, 2.24) is 0 Å². The van der Waals surface area contributed by atoms with Crippen LogP contribution in [-0.2, 0) is 0 Å². The number of hydrogen-bond donors (Lipinski definition) is 1. The second-order valence-electron chi connectivity index (χ2n) is 3.04. The fourth-order valence-corrected chi connectivity index (χ4v) is 1.87. The molecule has 78 valence electrons. The summed E-state index contributed by atoms with van der Waals surface area (Å²) in [4.78, 5) is 0. The predicted molar refractivity (Wildman–Crippen MR) is 62.9 cm³/mol. The molecule has 2 N–H and O–H groups in total. The van der Waals surface area contributed by atoms with Crippen LogP contribution < -0.4 is 10.5 Å². The van der Waals surface area contributed by atoms with Crippen molar-refractivity contribution >= 4 is 11.8 Å². The van der Waals surface area contributed by atoms with Gasteiger partial charge in [-0.1, -0.05) is 19.1 Å². The Bertz CT molecular complexity index is 260. The van der Waals surface area contributed by atoms with Crippen molar-refractivity contribution in [3.8, 4) is 5.75 Å².